The van der Waals surface area contributed by atoms with Gasteiger partial charge in [-0.3, -0.25) is 4.79 Å². The van der Waals surface area contributed by atoms with E-state index in [1.54, 1.807) is 11.8 Å². The molecule has 1 aliphatic rings. The Hall–Kier alpha value is -2.27. The standard InChI is InChI=1S/C22H24N2O2S/c1-15-10-11-20-19(12-15)24-22(26-20)27-14-16-6-5-7-17(13-16)21(25)23-18-8-3-2-4-9-18/h5-7,10-13,18H,2-4,8-9,14H2,1H3,(H,23,25). The first-order valence-electron chi connectivity index (χ1n) is 9.57. The maximum absolute atomic E-state index is 12.5. The van der Waals surface area contributed by atoms with Crippen LogP contribution in [0, 0.1) is 6.92 Å². The molecule has 4 nitrogen and oxygen atoms in total. The van der Waals surface area contributed by atoms with Crippen molar-refractivity contribution < 1.29 is 9.21 Å². The van der Waals surface area contributed by atoms with E-state index >= 15 is 0 Å². The Bertz CT molecular complexity index is 944. The zero-order valence-corrected chi connectivity index (χ0v) is 16.3. The van der Waals surface area contributed by atoms with Crippen molar-refractivity contribution in [1.82, 2.24) is 10.3 Å². The van der Waals surface area contributed by atoms with Gasteiger partial charge in [-0.2, -0.15) is 0 Å². The molecule has 0 bridgehead atoms. The van der Waals surface area contributed by atoms with Crippen LogP contribution in [0.5, 0.6) is 0 Å². The molecular weight excluding hydrogens is 356 g/mol. The van der Waals surface area contributed by atoms with Gasteiger partial charge < -0.3 is 9.73 Å². The van der Waals surface area contributed by atoms with Crippen molar-refractivity contribution in [3.63, 3.8) is 0 Å². The largest absolute Gasteiger partial charge is 0.431 e. The molecule has 3 aromatic rings. The van der Waals surface area contributed by atoms with E-state index in [9.17, 15) is 4.79 Å². The number of fused-ring (bicyclic) bond motifs is 1. The molecule has 1 amide bonds. The molecule has 0 unspecified atom stereocenters. The van der Waals surface area contributed by atoms with Gasteiger partial charge in [-0.15, -0.1) is 0 Å². The summed E-state index contributed by atoms with van der Waals surface area (Å²) in [6.45, 7) is 2.05. The minimum absolute atomic E-state index is 0.0334. The fourth-order valence-electron chi connectivity index (χ4n) is 3.54. The lowest BCUT2D eigenvalue weighted by molar-refractivity contribution is 0.0927. The Morgan fingerprint density at radius 3 is 2.89 bits per heavy atom. The molecule has 27 heavy (non-hydrogen) atoms. The molecule has 1 saturated carbocycles. The molecule has 0 radical (unpaired) electrons. The van der Waals surface area contributed by atoms with E-state index in [-0.39, 0.29) is 5.91 Å². The van der Waals surface area contributed by atoms with Gasteiger partial charge in [0, 0.05) is 17.4 Å². The van der Waals surface area contributed by atoms with Crippen LogP contribution in [0.4, 0.5) is 0 Å². The highest BCUT2D eigenvalue weighted by molar-refractivity contribution is 7.98. The second kappa shape index (κ2) is 8.17. The summed E-state index contributed by atoms with van der Waals surface area (Å²) in [5.41, 5.74) is 4.69. The summed E-state index contributed by atoms with van der Waals surface area (Å²) >= 11 is 1.55. The van der Waals surface area contributed by atoms with Crippen LogP contribution in [0.1, 0.15) is 53.6 Å². The van der Waals surface area contributed by atoms with Crippen molar-refractivity contribution in [1.29, 1.82) is 0 Å². The van der Waals surface area contributed by atoms with E-state index < -0.39 is 0 Å². The van der Waals surface area contributed by atoms with Gasteiger partial charge >= 0.3 is 0 Å². The Balaban J connectivity index is 1.40. The van der Waals surface area contributed by atoms with Gasteiger partial charge in [0.05, 0.1) is 0 Å². The third-order valence-electron chi connectivity index (χ3n) is 5.02. The Morgan fingerprint density at radius 2 is 2.04 bits per heavy atom. The van der Waals surface area contributed by atoms with Crippen LogP contribution in [0.15, 0.2) is 52.1 Å². The third-order valence-corrected chi connectivity index (χ3v) is 5.91. The number of carbonyl (C=O) groups is 1. The van der Waals surface area contributed by atoms with E-state index in [0.717, 1.165) is 40.8 Å². The Kier molecular flexibility index (Phi) is 5.48. The van der Waals surface area contributed by atoms with Crippen LogP contribution >= 0.6 is 11.8 Å². The first-order chi connectivity index (χ1) is 13.2. The summed E-state index contributed by atoms with van der Waals surface area (Å²) in [5.74, 6) is 0.752. The number of nitrogens with one attached hydrogen (secondary N) is 1. The molecule has 2 aromatic carbocycles. The van der Waals surface area contributed by atoms with Crippen LogP contribution in [0.25, 0.3) is 11.1 Å². The van der Waals surface area contributed by atoms with E-state index in [1.165, 1.54) is 24.8 Å². The van der Waals surface area contributed by atoms with Crippen molar-refractivity contribution in [3.8, 4) is 0 Å². The molecule has 0 spiro atoms. The number of hydrogen-bond donors (Lipinski definition) is 1. The fourth-order valence-corrected chi connectivity index (χ4v) is 4.32. The maximum Gasteiger partial charge on any atom is 0.257 e. The number of thioether (sulfide) groups is 1. The Labute approximate surface area is 163 Å². The molecule has 1 aliphatic carbocycles. The molecule has 1 fully saturated rings. The number of hydrogen-bond acceptors (Lipinski definition) is 4. The summed E-state index contributed by atoms with van der Waals surface area (Å²) in [6, 6.07) is 14.2. The van der Waals surface area contributed by atoms with Gasteiger partial charge in [0.2, 0.25) is 0 Å². The molecule has 140 valence electrons. The highest BCUT2D eigenvalue weighted by Gasteiger charge is 2.17. The van der Waals surface area contributed by atoms with Gasteiger partial charge in [-0.25, -0.2) is 4.98 Å². The zero-order chi connectivity index (χ0) is 18.6. The van der Waals surface area contributed by atoms with E-state index in [2.05, 4.69) is 10.3 Å². The number of aromatic nitrogens is 1. The third kappa shape index (κ3) is 4.53. The highest BCUT2D eigenvalue weighted by atomic mass is 32.2. The van der Waals surface area contributed by atoms with Crippen LogP contribution < -0.4 is 5.32 Å². The molecule has 5 heteroatoms. The number of carbonyl (C=O) groups excluding carboxylic acids is 1. The van der Waals surface area contributed by atoms with E-state index in [4.69, 9.17) is 4.42 Å². The molecule has 4 rings (SSSR count). The number of amides is 1. The maximum atomic E-state index is 12.5. The smallest absolute Gasteiger partial charge is 0.257 e. The van der Waals surface area contributed by atoms with Gasteiger partial charge in [0.25, 0.3) is 11.1 Å². The molecule has 1 aromatic heterocycles. The van der Waals surface area contributed by atoms with Crippen LogP contribution in [0.3, 0.4) is 0 Å². The number of aryl methyl sites for hydroxylation is 1. The van der Waals surface area contributed by atoms with E-state index in [0.29, 0.717) is 11.3 Å². The normalized spacial score (nSPS) is 15.1. The molecule has 1 N–H and O–H groups in total. The lowest BCUT2D eigenvalue weighted by Crippen LogP contribution is -2.36. The average molecular weight is 381 g/mol. The second-order valence-electron chi connectivity index (χ2n) is 7.25. The van der Waals surface area contributed by atoms with Crippen molar-refractivity contribution >= 4 is 28.8 Å². The predicted molar refractivity (Wildman–Crippen MR) is 109 cm³/mol. The number of benzene rings is 2. The van der Waals surface area contributed by atoms with E-state index in [1.807, 2.05) is 49.4 Å². The summed E-state index contributed by atoms with van der Waals surface area (Å²) in [6.07, 6.45) is 5.91. The summed E-state index contributed by atoms with van der Waals surface area (Å²) in [4.78, 5) is 17.1. The lowest BCUT2D eigenvalue weighted by Gasteiger charge is -2.22. The second-order valence-corrected chi connectivity index (χ2v) is 8.17. The minimum atomic E-state index is 0.0334. The fraction of sp³-hybridized carbons (Fsp3) is 0.364. The van der Waals surface area contributed by atoms with Crippen LogP contribution in [0.2, 0.25) is 0 Å². The molecule has 0 aliphatic heterocycles. The quantitative estimate of drug-likeness (QED) is 0.595. The summed E-state index contributed by atoms with van der Waals surface area (Å²) in [5, 5.41) is 3.84. The highest BCUT2D eigenvalue weighted by Crippen LogP contribution is 2.27. The van der Waals surface area contributed by atoms with Gasteiger partial charge in [-0.05, 0) is 55.2 Å². The first kappa shape index (κ1) is 18.1. The molecule has 1 heterocycles. The SMILES string of the molecule is Cc1ccc2oc(SCc3cccc(C(=O)NC4CCCCC4)c3)nc2c1. The Morgan fingerprint density at radius 1 is 1.19 bits per heavy atom. The van der Waals surface area contributed by atoms with Gasteiger partial charge in [-0.1, -0.05) is 49.2 Å². The molecule has 0 saturated heterocycles. The summed E-state index contributed by atoms with van der Waals surface area (Å²) < 4.78 is 5.80. The van der Waals surface area contributed by atoms with Gasteiger partial charge in [0.15, 0.2) is 5.58 Å². The molecular formula is C22H24N2O2S. The first-order valence-corrected chi connectivity index (χ1v) is 10.6. The van der Waals surface area contributed by atoms with Crippen molar-refractivity contribution in [3.05, 3.63) is 59.2 Å². The summed E-state index contributed by atoms with van der Waals surface area (Å²) in [7, 11) is 0. The van der Waals surface area contributed by atoms with Crippen LogP contribution in [-0.2, 0) is 5.75 Å². The lowest BCUT2D eigenvalue weighted by atomic mass is 9.95. The topological polar surface area (TPSA) is 55.1 Å². The van der Waals surface area contributed by atoms with Gasteiger partial charge in [0.1, 0.15) is 5.52 Å². The number of oxazole rings is 1. The van der Waals surface area contributed by atoms with Crippen LogP contribution in [-0.4, -0.2) is 16.9 Å². The minimum Gasteiger partial charge on any atom is -0.431 e. The molecule has 0 atom stereocenters. The average Bonchev–Trinajstić information content (AvgIpc) is 3.09. The monoisotopic (exact) mass is 380 g/mol. The predicted octanol–water partition coefficient (Wildman–Crippen LogP) is 5.49. The number of rotatable bonds is 5. The van der Waals surface area contributed by atoms with Crippen molar-refractivity contribution in [2.75, 3.05) is 0 Å². The zero-order valence-electron chi connectivity index (χ0n) is 15.5. The van der Waals surface area contributed by atoms with Crippen molar-refractivity contribution in [2.45, 2.75) is 56.0 Å². The number of nitrogens with zero attached hydrogens (tertiary/aromatic N) is 1. The van der Waals surface area contributed by atoms with Crippen molar-refractivity contribution in [2.24, 2.45) is 0 Å².